The number of ether oxygens (including phenoxy) is 1. The van der Waals surface area contributed by atoms with Crippen molar-refractivity contribution in [3.05, 3.63) is 27.7 Å². The van der Waals surface area contributed by atoms with E-state index in [-0.39, 0.29) is 12.6 Å². The predicted molar refractivity (Wildman–Crippen MR) is 85.4 cm³/mol. The van der Waals surface area contributed by atoms with Crippen molar-refractivity contribution in [3.63, 3.8) is 0 Å². The van der Waals surface area contributed by atoms with Gasteiger partial charge in [0.25, 0.3) is 0 Å². The Balaban J connectivity index is 1.68. The smallest absolute Gasteiger partial charge is 0.407 e. The minimum Gasteiger partial charge on any atom is -0.490 e. The molecule has 0 bridgehead atoms. The molecule has 1 fully saturated rings. The molecule has 5 nitrogen and oxygen atoms in total. The summed E-state index contributed by atoms with van der Waals surface area (Å²) in [5.74, 6) is 1.05. The highest BCUT2D eigenvalue weighted by Gasteiger charge is 2.30. The molecule has 0 saturated carbocycles. The zero-order chi connectivity index (χ0) is 15.7. The Kier molecular flexibility index (Phi) is 4.59. The zero-order valence-corrected chi connectivity index (χ0v) is 13.9. The first-order valence-corrected chi connectivity index (χ1v) is 8.43. The third kappa shape index (κ3) is 2.94. The maximum atomic E-state index is 11.2. The lowest BCUT2D eigenvalue weighted by atomic mass is 10.1. The van der Waals surface area contributed by atoms with Gasteiger partial charge in [-0.15, -0.1) is 0 Å². The largest absolute Gasteiger partial charge is 0.490 e. The Morgan fingerprint density at radius 1 is 1.41 bits per heavy atom. The molecule has 2 unspecified atom stereocenters. The molecular weight excluding hydrogens is 350 g/mol. The van der Waals surface area contributed by atoms with Crippen molar-refractivity contribution >= 4 is 22.0 Å². The molecule has 1 aliphatic carbocycles. The number of aliphatic hydroxyl groups is 1. The van der Waals surface area contributed by atoms with Crippen molar-refractivity contribution in [2.45, 2.75) is 31.7 Å². The van der Waals surface area contributed by atoms with E-state index in [9.17, 15) is 9.90 Å². The minimum absolute atomic E-state index is 0.0668. The summed E-state index contributed by atoms with van der Waals surface area (Å²) in [6.07, 6.45) is 2.63. The lowest BCUT2D eigenvalue weighted by Gasteiger charge is -2.22. The van der Waals surface area contributed by atoms with Gasteiger partial charge in [0, 0.05) is 13.2 Å². The van der Waals surface area contributed by atoms with Gasteiger partial charge in [0.1, 0.15) is 12.4 Å². The van der Waals surface area contributed by atoms with E-state index in [0.717, 1.165) is 35.9 Å². The van der Waals surface area contributed by atoms with Crippen LogP contribution in [0.4, 0.5) is 4.79 Å². The van der Waals surface area contributed by atoms with Crippen LogP contribution in [-0.2, 0) is 12.8 Å². The number of hydrogen-bond donors (Lipinski definition) is 2. The Hall–Kier alpha value is -1.27. The zero-order valence-electron chi connectivity index (χ0n) is 12.3. The van der Waals surface area contributed by atoms with Gasteiger partial charge in [-0.25, -0.2) is 4.79 Å². The van der Waals surface area contributed by atoms with E-state index in [0.29, 0.717) is 19.1 Å². The SMILES string of the molecule is O=C(O)N1CCCC1COc1ccc2c(c1Br)CC(CO)C2. The molecule has 6 heteroatoms. The lowest BCUT2D eigenvalue weighted by molar-refractivity contribution is 0.123. The number of amides is 1. The molecule has 0 aromatic heterocycles. The van der Waals surface area contributed by atoms with Crippen LogP contribution < -0.4 is 4.74 Å². The summed E-state index contributed by atoms with van der Waals surface area (Å²) in [7, 11) is 0. The summed E-state index contributed by atoms with van der Waals surface area (Å²) in [6, 6.07) is 3.92. The summed E-state index contributed by atoms with van der Waals surface area (Å²) < 4.78 is 6.83. The number of benzene rings is 1. The maximum absolute atomic E-state index is 11.2. The van der Waals surface area contributed by atoms with Crippen LogP contribution in [-0.4, -0.2) is 47.0 Å². The molecule has 2 atom stereocenters. The highest BCUT2D eigenvalue weighted by Crippen LogP contribution is 2.38. The molecule has 0 spiro atoms. The third-order valence-corrected chi connectivity index (χ3v) is 5.49. The Morgan fingerprint density at radius 3 is 2.95 bits per heavy atom. The summed E-state index contributed by atoms with van der Waals surface area (Å²) in [6.45, 7) is 1.17. The van der Waals surface area contributed by atoms with E-state index in [1.165, 1.54) is 16.0 Å². The number of rotatable bonds is 4. The normalized spacial score (nSPS) is 23.6. The minimum atomic E-state index is -0.870. The van der Waals surface area contributed by atoms with Crippen molar-refractivity contribution in [2.24, 2.45) is 5.92 Å². The van der Waals surface area contributed by atoms with Crippen molar-refractivity contribution < 1.29 is 19.7 Å². The number of aliphatic hydroxyl groups excluding tert-OH is 1. The van der Waals surface area contributed by atoms with Gasteiger partial charge >= 0.3 is 6.09 Å². The fourth-order valence-corrected chi connectivity index (χ4v) is 4.07. The van der Waals surface area contributed by atoms with Gasteiger partial charge in [-0.1, -0.05) is 6.07 Å². The van der Waals surface area contributed by atoms with Crippen molar-refractivity contribution in [1.29, 1.82) is 0 Å². The maximum Gasteiger partial charge on any atom is 0.407 e. The topological polar surface area (TPSA) is 70.0 Å². The average molecular weight is 370 g/mol. The van der Waals surface area contributed by atoms with Crippen molar-refractivity contribution in [1.82, 2.24) is 4.90 Å². The van der Waals surface area contributed by atoms with E-state index in [1.807, 2.05) is 6.07 Å². The second-order valence-corrected chi connectivity index (χ2v) is 6.85. The number of halogens is 1. The van der Waals surface area contributed by atoms with Crippen LogP contribution in [0.5, 0.6) is 5.75 Å². The first kappa shape index (κ1) is 15.6. The Bertz CT molecular complexity index is 578. The van der Waals surface area contributed by atoms with Gasteiger partial charge in [0.15, 0.2) is 0 Å². The van der Waals surface area contributed by atoms with Gasteiger partial charge in [-0.05, 0) is 64.7 Å². The van der Waals surface area contributed by atoms with Crippen LogP contribution in [0.3, 0.4) is 0 Å². The molecule has 1 saturated heterocycles. The number of hydrogen-bond acceptors (Lipinski definition) is 3. The quantitative estimate of drug-likeness (QED) is 0.855. The number of likely N-dealkylation sites (tertiary alicyclic amines) is 1. The van der Waals surface area contributed by atoms with Gasteiger partial charge < -0.3 is 19.8 Å². The molecular formula is C16H20BrNO4. The molecule has 1 aliphatic heterocycles. The van der Waals surface area contributed by atoms with Gasteiger partial charge in [-0.3, -0.25) is 0 Å². The summed E-state index contributed by atoms with van der Waals surface area (Å²) >= 11 is 3.61. The highest BCUT2D eigenvalue weighted by molar-refractivity contribution is 9.10. The van der Waals surface area contributed by atoms with E-state index in [2.05, 4.69) is 22.0 Å². The Labute approximate surface area is 138 Å². The second-order valence-electron chi connectivity index (χ2n) is 6.06. The van der Waals surface area contributed by atoms with Gasteiger partial charge in [0.2, 0.25) is 0 Å². The molecule has 1 amide bonds. The van der Waals surface area contributed by atoms with Crippen LogP contribution in [0.2, 0.25) is 0 Å². The molecule has 2 N–H and O–H groups in total. The van der Waals surface area contributed by atoms with Crippen molar-refractivity contribution in [3.8, 4) is 5.75 Å². The highest BCUT2D eigenvalue weighted by atomic mass is 79.9. The molecule has 0 radical (unpaired) electrons. The second kappa shape index (κ2) is 6.46. The van der Waals surface area contributed by atoms with Crippen LogP contribution in [0, 0.1) is 5.92 Å². The lowest BCUT2D eigenvalue weighted by Crippen LogP contribution is -2.38. The summed E-state index contributed by atoms with van der Waals surface area (Å²) in [5.41, 5.74) is 2.46. The summed E-state index contributed by atoms with van der Waals surface area (Å²) in [4.78, 5) is 12.6. The fourth-order valence-electron chi connectivity index (χ4n) is 3.41. The molecule has 1 aromatic rings. The fraction of sp³-hybridized carbons (Fsp3) is 0.562. The molecule has 120 valence electrons. The van der Waals surface area contributed by atoms with Crippen molar-refractivity contribution in [2.75, 3.05) is 19.8 Å². The average Bonchev–Trinajstić information content (AvgIpc) is 3.13. The van der Waals surface area contributed by atoms with Crippen LogP contribution in [0.15, 0.2) is 16.6 Å². The van der Waals surface area contributed by atoms with Gasteiger partial charge in [0.05, 0.1) is 10.5 Å². The Morgan fingerprint density at radius 2 is 2.23 bits per heavy atom. The van der Waals surface area contributed by atoms with E-state index < -0.39 is 6.09 Å². The number of carbonyl (C=O) groups is 1. The van der Waals surface area contributed by atoms with Crippen LogP contribution >= 0.6 is 15.9 Å². The summed E-state index contributed by atoms with van der Waals surface area (Å²) in [5, 5.41) is 18.5. The first-order valence-electron chi connectivity index (χ1n) is 7.63. The molecule has 1 heterocycles. The van der Waals surface area contributed by atoms with Crippen LogP contribution in [0.1, 0.15) is 24.0 Å². The number of nitrogens with zero attached hydrogens (tertiary/aromatic N) is 1. The monoisotopic (exact) mass is 369 g/mol. The van der Waals surface area contributed by atoms with Gasteiger partial charge in [-0.2, -0.15) is 0 Å². The van der Waals surface area contributed by atoms with Crippen LogP contribution in [0.25, 0.3) is 0 Å². The number of carboxylic acid groups (broad SMARTS) is 1. The molecule has 3 rings (SSSR count). The van der Waals surface area contributed by atoms with E-state index in [4.69, 9.17) is 9.84 Å². The molecule has 2 aliphatic rings. The molecule has 22 heavy (non-hydrogen) atoms. The van der Waals surface area contributed by atoms with E-state index in [1.54, 1.807) is 0 Å². The standard InChI is InChI=1S/C16H20BrNO4/c17-15-13-7-10(8-19)6-11(13)3-4-14(15)22-9-12-2-1-5-18(12)16(20)21/h3-4,10,12,19H,1-2,5-9H2,(H,20,21). The predicted octanol–water partition coefficient (Wildman–Crippen LogP) is 2.68. The molecule has 1 aromatic carbocycles. The third-order valence-electron chi connectivity index (χ3n) is 4.62. The first-order chi connectivity index (χ1) is 10.6. The number of fused-ring (bicyclic) bond motifs is 1. The van der Waals surface area contributed by atoms with E-state index >= 15 is 0 Å².